The van der Waals surface area contributed by atoms with Crippen molar-refractivity contribution in [1.29, 1.82) is 0 Å². The number of fused-ring (bicyclic) bond motifs is 1. The van der Waals surface area contributed by atoms with Crippen molar-refractivity contribution in [1.82, 2.24) is 9.47 Å². The molecule has 7 nitrogen and oxygen atoms in total. The Morgan fingerprint density at radius 3 is 2.17 bits per heavy atom. The Bertz CT molecular complexity index is 1560. The maximum Gasteiger partial charge on any atom is 0.345 e. The van der Waals surface area contributed by atoms with Crippen LogP contribution in [-0.2, 0) is 11.8 Å². The van der Waals surface area contributed by atoms with Gasteiger partial charge in [0.2, 0.25) is 0 Å². The second-order valence-corrected chi connectivity index (χ2v) is 10.7. The Morgan fingerprint density at radius 2 is 1.62 bits per heavy atom. The minimum Gasteiger partial charge on any atom is -0.465 e. The number of piperazine rings is 1. The van der Waals surface area contributed by atoms with E-state index < -0.39 is 17.6 Å². The summed E-state index contributed by atoms with van der Waals surface area (Å²) in [5.41, 5.74) is 2.07. The summed E-state index contributed by atoms with van der Waals surface area (Å²) in [6, 6.07) is 17.0. The number of aliphatic hydroxyl groups excluding tert-OH is 1. The number of aliphatic hydroxyl groups is 1. The van der Waals surface area contributed by atoms with Gasteiger partial charge in [0.15, 0.2) is 0 Å². The number of rotatable bonds is 6. The summed E-state index contributed by atoms with van der Waals surface area (Å²) in [7, 11) is 2.83. The fourth-order valence-electron chi connectivity index (χ4n) is 5.56. The number of esters is 1. The predicted molar refractivity (Wildman–Crippen MR) is 153 cm³/mol. The Hall–Kier alpha value is -3.60. The molecule has 0 aliphatic carbocycles. The zero-order valence-electron chi connectivity index (χ0n) is 22.0. The van der Waals surface area contributed by atoms with Crippen molar-refractivity contribution in [2.45, 2.75) is 12.1 Å². The van der Waals surface area contributed by atoms with Crippen LogP contribution in [0.4, 0.5) is 14.5 Å². The second-order valence-electron chi connectivity index (χ2n) is 9.77. The van der Waals surface area contributed by atoms with Gasteiger partial charge in [0.05, 0.1) is 37.0 Å². The maximum atomic E-state index is 13.8. The van der Waals surface area contributed by atoms with E-state index in [-0.39, 0.29) is 29.8 Å². The summed E-state index contributed by atoms with van der Waals surface area (Å²) in [6.07, 6.45) is 0. The number of benzene rings is 3. The van der Waals surface area contributed by atoms with Crippen LogP contribution in [0.25, 0.3) is 10.9 Å². The Kier molecular flexibility index (Phi) is 8.02. The number of anilines is 1. The number of hydrogen-bond donors (Lipinski definition) is 1. The smallest absolute Gasteiger partial charge is 0.345 e. The second kappa shape index (κ2) is 11.5. The number of pyridine rings is 1. The lowest BCUT2D eigenvalue weighted by Crippen LogP contribution is -2.56. The number of carbonyl (C=O) groups excluding carboxylic acids is 1. The van der Waals surface area contributed by atoms with Gasteiger partial charge >= 0.3 is 5.97 Å². The van der Waals surface area contributed by atoms with Gasteiger partial charge in [-0.25, -0.2) is 13.6 Å². The lowest BCUT2D eigenvalue weighted by Gasteiger charge is -2.46. The first-order chi connectivity index (χ1) is 19.2. The molecule has 3 aromatic carbocycles. The van der Waals surface area contributed by atoms with Crippen molar-refractivity contribution in [2.24, 2.45) is 7.05 Å². The third-order valence-electron chi connectivity index (χ3n) is 7.47. The van der Waals surface area contributed by atoms with Crippen LogP contribution in [0.15, 0.2) is 76.0 Å². The van der Waals surface area contributed by atoms with Crippen LogP contribution in [0.3, 0.4) is 0 Å². The molecule has 2 heterocycles. The molecule has 1 aliphatic heterocycles. The number of halogens is 3. The number of ether oxygens (including phenoxy) is 1. The van der Waals surface area contributed by atoms with Crippen molar-refractivity contribution in [3.63, 3.8) is 0 Å². The molecule has 10 heteroatoms. The number of aryl methyl sites for hydroxylation is 1. The molecule has 1 aliphatic rings. The van der Waals surface area contributed by atoms with Gasteiger partial charge in [-0.2, -0.15) is 0 Å². The van der Waals surface area contributed by atoms with Gasteiger partial charge in [0.25, 0.3) is 5.56 Å². The monoisotopic (exact) mass is 611 g/mol. The summed E-state index contributed by atoms with van der Waals surface area (Å²) in [5, 5.41) is 11.3. The van der Waals surface area contributed by atoms with Gasteiger partial charge in [-0.1, -0.05) is 40.2 Å². The summed E-state index contributed by atoms with van der Waals surface area (Å²) >= 11 is 3.50. The standard InChI is InChI=1S/C30H28BrF2N3O4/c1-34-25-12-7-20(31)15-24(25)28(26(29(34)38)30(39)40-2)36-14-13-35(16-23(36)17-37)27(18-3-8-21(32)9-4-18)19-5-10-22(33)11-6-19/h3-12,15,23,27,37H,13-14,16-17H2,1-2H3/t23-/m1/s1. The van der Waals surface area contributed by atoms with Crippen molar-refractivity contribution in [2.75, 3.05) is 38.3 Å². The van der Waals surface area contributed by atoms with E-state index in [1.165, 1.54) is 35.9 Å². The lowest BCUT2D eigenvalue weighted by molar-refractivity contribution is 0.0598. The van der Waals surface area contributed by atoms with Crippen LogP contribution in [0.1, 0.15) is 27.5 Å². The highest BCUT2D eigenvalue weighted by molar-refractivity contribution is 9.10. The Labute approximate surface area is 238 Å². The van der Waals surface area contributed by atoms with Gasteiger partial charge < -0.3 is 19.3 Å². The minimum atomic E-state index is -0.757. The minimum absolute atomic E-state index is 0.101. The van der Waals surface area contributed by atoms with E-state index >= 15 is 0 Å². The predicted octanol–water partition coefficient (Wildman–Crippen LogP) is 4.64. The quantitative estimate of drug-likeness (QED) is 0.320. The molecule has 1 aromatic heterocycles. The molecule has 40 heavy (non-hydrogen) atoms. The fraction of sp³-hybridized carbons (Fsp3) is 0.267. The molecule has 1 fully saturated rings. The van der Waals surface area contributed by atoms with Crippen molar-refractivity contribution in [3.8, 4) is 0 Å². The van der Waals surface area contributed by atoms with E-state index in [4.69, 9.17) is 4.74 Å². The molecule has 1 saturated heterocycles. The van der Waals surface area contributed by atoms with Gasteiger partial charge in [-0.15, -0.1) is 0 Å². The summed E-state index contributed by atoms with van der Waals surface area (Å²) in [6.45, 7) is 0.923. The normalized spacial score (nSPS) is 16.1. The molecule has 0 saturated carbocycles. The van der Waals surface area contributed by atoms with Crippen LogP contribution in [-0.4, -0.2) is 59.9 Å². The van der Waals surface area contributed by atoms with Crippen LogP contribution >= 0.6 is 15.9 Å². The molecule has 0 unspecified atom stereocenters. The van der Waals surface area contributed by atoms with Crippen LogP contribution < -0.4 is 10.5 Å². The number of methoxy groups -OCH3 is 1. The topological polar surface area (TPSA) is 75.0 Å². The largest absolute Gasteiger partial charge is 0.465 e. The van der Waals surface area contributed by atoms with Gasteiger partial charge in [0, 0.05) is 36.5 Å². The zero-order chi connectivity index (χ0) is 28.6. The number of carbonyl (C=O) groups is 1. The van der Waals surface area contributed by atoms with Crippen LogP contribution in [0.5, 0.6) is 0 Å². The van der Waals surface area contributed by atoms with E-state index in [0.717, 1.165) is 15.6 Å². The number of hydrogen-bond acceptors (Lipinski definition) is 6. The third kappa shape index (κ3) is 5.14. The summed E-state index contributed by atoms with van der Waals surface area (Å²) < 4.78 is 34.8. The average molecular weight is 612 g/mol. The Morgan fingerprint density at radius 1 is 1.02 bits per heavy atom. The third-order valence-corrected chi connectivity index (χ3v) is 7.96. The van der Waals surface area contributed by atoms with Gasteiger partial charge in [-0.05, 0) is 53.6 Å². The van der Waals surface area contributed by atoms with Crippen molar-refractivity contribution >= 4 is 38.5 Å². The van der Waals surface area contributed by atoms with Crippen LogP contribution in [0, 0.1) is 11.6 Å². The molecule has 0 radical (unpaired) electrons. The highest BCUT2D eigenvalue weighted by Gasteiger charge is 2.36. The van der Waals surface area contributed by atoms with Gasteiger partial charge in [0.1, 0.15) is 17.2 Å². The zero-order valence-corrected chi connectivity index (χ0v) is 23.6. The molecule has 5 rings (SSSR count). The lowest BCUT2D eigenvalue weighted by atomic mass is 9.95. The highest BCUT2D eigenvalue weighted by Crippen LogP contribution is 2.36. The maximum absolute atomic E-state index is 13.8. The average Bonchev–Trinajstić information content (AvgIpc) is 2.96. The molecule has 1 N–H and O–H groups in total. The van der Waals surface area contributed by atoms with E-state index in [1.54, 1.807) is 37.4 Å². The summed E-state index contributed by atoms with van der Waals surface area (Å²) in [4.78, 5) is 30.4. The first-order valence-electron chi connectivity index (χ1n) is 12.8. The molecule has 4 aromatic rings. The molecule has 0 amide bonds. The van der Waals surface area contributed by atoms with E-state index in [9.17, 15) is 23.5 Å². The SMILES string of the molecule is COC(=O)c1c(N2CCN(C(c3ccc(F)cc3)c3ccc(F)cc3)C[C@@H]2CO)c2cc(Br)ccc2n(C)c1=O. The van der Waals surface area contributed by atoms with Crippen molar-refractivity contribution < 1.29 is 23.4 Å². The van der Waals surface area contributed by atoms with Crippen LogP contribution in [0.2, 0.25) is 0 Å². The van der Waals surface area contributed by atoms with E-state index in [0.29, 0.717) is 36.2 Å². The first-order valence-corrected chi connectivity index (χ1v) is 13.6. The number of aromatic nitrogens is 1. The summed E-state index contributed by atoms with van der Waals surface area (Å²) in [5.74, 6) is -1.48. The molecular formula is C30H28BrF2N3O4. The molecule has 0 spiro atoms. The molecule has 208 valence electrons. The Balaban J connectivity index is 1.61. The van der Waals surface area contributed by atoms with Crippen molar-refractivity contribution in [3.05, 3.63) is 110 Å². The molecule has 0 bridgehead atoms. The highest BCUT2D eigenvalue weighted by atomic mass is 79.9. The first kappa shape index (κ1) is 27.9. The van der Waals surface area contributed by atoms with Gasteiger partial charge in [-0.3, -0.25) is 9.69 Å². The molecular weight excluding hydrogens is 584 g/mol. The number of nitrogens with zero attached hydrogens (tertiary/aromatic N) is 3. The fourth-order valence-corrected chi connectivity index (χ4v) is 5.92. The van der Waals surface area contributed by atoms with E-state index in [2.05, 4.69) is 20.8 Å². The van der Waals surface area contributed by atoms with E-state index in [1.807, 2.05) is 17.0 Å². The molecule has 1 atom stereocenters.